The van der Waals surface area contributed by atoms with Gasteiger partial charge in [-0.1, -0.05) is 29.3 Å². The zero-order valence-corrected chi connectivity index (χ0v) is 18.4. The Morgan fingerprint density at radius 3 is 2.48 bits per heavy atom. The van der Waals surface area contributed by atoms with E-state index in [-0.39, 0.29) is 11.8 Å². The van der Waals surface area contributed by atoms with Gasteiger partial charge in [0.25, 0.3) is 5.91 Å². The molecule has 0 spiro atoms. The maximum atomic E-state index is 12.3. The summed E-state index contributed by atoms with van der Waals surface area (Å²) in [5.74, 6) is 0.584. The summed E-state index contributed by atoms with van der Waals surface area (Å²) in [6.07, 6.45) is 1.64. The lowest BCUT2D eigenvalue weighted by Gasteiger charge is -2.02. The number of amides is 2. The van der Waals surface area contributed by atoms with Crippen molar-refractivity contribution in [2.24, 2.45) is 4.99 Å². The number of nitrogens with zero attached hydrogens (tertiary/aromatic N) is 1. The number of hydrogen-bond acceptors (Lipinski definition) is 5. The van der Waals surface area contributed by atoms with Gasteiger partial charge in [-0.2, -0.15) is 0 Å². The zero-order chi connectivity index (χ0) is 22.0. The quantitative estimate of drug-likeness (QED) is 0.450. The molecule has 6 nitrogen and oxygen atoms in total. The number of aliphatic imine (C=N–C) groups is 1. The minimum absolute atomic E-state index is 0.148. The Kier molecular flexibility index (Phi) is 6.18. The number of carbonyl (C=O) groups excluding carboxylic acids is 2. The van der Waals surface area contributed by atoms with Crippen LogP contribution in [0.2, 0.25) is 10.0 Å². The van der Waals surface area contributed by atoms with Crippen LogP contribution in [-0.2, 0) is 9.59 Å². The topological polar surface area (TPSA) is 83.7 Å². The first-order valence-electron chi connectivity index (χ1n) is 9.10. The summed E-state index contributed by atoms with van der Waals surface area (Å²) in [6, 6.07) is 15.7. The summed E-state index contributed by atoms with van der Waals surface area (Å²) in [7, 11) is 0. The van der Waals surface area contributed by atoms with Crippen molar-refractivity contribution in [2.75, 3.05) is 5.32 Å². The van der Waals surface area contributed by atoms with Crippen molar-refractivity contribution in [3.8, 4) is 11.3 Å². The number of benzene rings is 2. The Morgan fingerprint density at radius 1 is 1.10 bits per heavy atom. The first-order chi connectivity index (χ1) is 14.9. The van der Waals surface area contributed by atoms with Crippen molar-refractivity contribution < 1.29 is 14.0 Å². The molecule has 0 atom stereocenters. The Hall–Kier alpha value is -3.00. The largest absolute Gasteiger partial charge is 0.457 e. The standard InChI is InChI=1S/C22H15Cl2N3O3S/c1-12(28)25-13-5-7-14(8-6-13)26-22-27-21(29)19(31-22)11-15-9-10-18(30-15)20-16(23)3-2-4-17(20)24/h2-11H,1H3,(H,25,28)(H,26,27,29). The summed E-state index contributed by atoms with van der Waals surface area (Å²) >= 11 is 13.7. The maximum absolute atomic E-state index is 12.3. The maximum Gasteiger partial charge on any atom is 0.264 e. The second-order valence-electron chi connectivity index (χ2n) is 6.51. The molecule has 2 heterocycles. The van der Waals surface area contributed by atoms with Crippen LogP contribution < -0.4 is 10.6 Å². The van der Waals surface area contributed by atoms with E-state index in [0.29, 0.717) is 48.6 Å². The number of hydrogen-bond donors (Lipinski definition) is 2. The van der Waals surface area contributed by atoms with Crippen molar-refractivity contribution in [3.05, 3.63) is 75.3 Å². The van der Waals surface area contributed by atoms with E-state index in [4.69, 9.17) is 27.6 Å². The van der Waals surface area contributed by atoms with Crippen LogP contribution in [0.1, 0.15) is 12.7 Å². The van der Waals surface area contributed by atoms with Gasteiger partial charge in [0.05, 0.1) is 26.2 Å². The normalized spacial score (nSPS) is 16.0. The van der Waals surface area contributed by atoms with Gasteiger partial charge in [-0.15, -0.1) is 0 Å². The van der Waals surface area contributed by atoms with Crippen molar-refractivity contribution >= 4 is 69.4 Å². The van der Waals surface area contributed by atoms with Gasteiger partial charge in [0.2, 0.25) is 5.91 Å². The van der Waals surface area contributed by atoms with Gasteiger partial charge < -0.3 is 15.1 Å². The molecule has 1 aromatic heterocycles. The minimum Gasteiger partial charge on any atom is -0.457 e. The molecule has 3 aromatic rings. The smallest absolute Gasteiger partial charge is 0.264 e. The van der Waals surface area contributed by atoms with Gasteiger partial charge in [-0.3, -0.25) is 9.59 Å². The summed E-state index contributed by atoms with van der Waals surface area (Å²) in [5, 5.41) is 6.83. The van der Waals surface area contributed by atoms with E-state index in [1.807, 2.05) is 0 Å². The highest BCUT2D eigenvalue weighted by Gasteiger charge is 2.24. The molecule has 0 unspecified atom stereocenters. The molecule has 0 radical (unpaired) electrons. The van der Waals surface area contributed by atoms with Crippen molar-refractivity contribution in [1.29, 1.82) is 0 Å². The Labute approximate surface area is 192 Å². The Morgan fingerprint density at radius 2 is 1.81 bits per heavy atom. The van der Waals surface area contributed by atoms with Crippen LogP contribution in [0.5, 0.6) is 0 Å². The average Bonchev–Trinajstić information content (AvgIpc) is 3.30. The minimum atomic E-state index is -0.271. The summed E-state index contributed by atoms with van der Waals surface area (Å²) in [5.41, 5.74) is 1.92. The summed E-state index contributed by atoms with van der Waals surface area (Å²) < 4.78 is 5.83. The second-order valence-corrected chi connectivity index (χ2v) is 8.35. The Balaban J connectivity index is 1.52. The number of furan rings is 1. The molecule has 1 aliphatic heterocycles. The van der Waals surface area contributed by atoms with Crippen LogP contribution in [0.15, 0.2) is 68.9 Å². The molecule has 156 valence electrons. The highest BCUT2D eigenvalue weighted by Crippen LogP contribution is 2.36. The molecule has 9 heteroatoms. The second kappa shape index (κ2) is 9.01. The van der Waals surface area contributed by atoms with Gasteiger partial charge in [-0.25, -0.2) is 4.99 Å². The highest BCUT2D eigenvalue weighted by molar-refractivity contribution is 8.18. The van der Waals surface area contributed by atoms with E-state index in [1.165, 1.54) is 18.7 Å². The lowest BCUT2D eigenvalue weighted by molar-refractivity contribution is -0.115. The number of halogens is 2. The first-order valence-corrected chi connectivity index (χ1v) is 10.7. The van der Waals surface area contributed by atoms with E-state index >= 15 is 0 Å². The van der Waals surface area contributed by atoms with Crippen molar-refractivity contribution in [2.45, 2.75) is 6.92 Å². The Bertz CT molecular complexity index is 1210. The van der Waals surface area contributed by atoms with Crippen LogP contribution in [0.4, 0.5) is 11.4 Å². The number of rotatable bonds is 4. The molecule has 2 N–H and O–H groups in total. The molecule has 2 amide bonds. The predicted octanol–water partition coefficient (Wildman–Crippen LogP) is 6.10. The fourth-order valence-electron chi connectivity index (χ4n) is 2.85. The van der Waals surface area contributed by atoms with E-state index in [2.05, 4.69) is 15.6 Å². The van der Waals surface area contributed by atoms with Crippen LogP contribution in [0.25, 0.3) is 17.4 Å². The summed E-state index contributed by atoms with van der Waals surface area (Å²) in [6.45, 7) is 1.44. The van der Waals surface area contributed by atoms with Crippen LogP contribution in [-0.4, -0.2) is 17.0 Å². The fraction of sp³-hybridized carbons (Fsp3) is 0.0455. The molecule has 0 saturated carbocycles. The first kappa shape index (κ1) is 21.2. The predicted molar refractivity (Wildman–Crippen MR) is 126 cm³/mol. The molecular weight excluding hydrogens is 457 g/mol. The number of anilines is 1. The molecular formula is C22H15Cl2N3O3S. The molecule has 2 aromatic carbocycles. The number of carbonyl (C=O) groups is 2. The van der Waals surface area contributed by atoms with E-state index in [9.17, 15) is 9.59 Å². The molecule has 1 saturated heterocycles. The molecule has 0 bridgehead atoms. The molecule has 0 aliphatic carbocycles. The van der Waals surface area contributed by atoms with E-state index in [1.54, 1.807) is 60.7 Å². The monoisotopic (exact) mass is 471 g/mol. The van der Waals surface area contributed by atoms with E-state index < -0.39 is 0 Å². The lowest BCUT2D eigenvalue weighted by Crippen LogP contribution is -2.19. The molecule has 1 fully saturated rings. The summed E-state index contributed by atoms with van der Waals surface area (Å²) in [4.78, 5) is 28.3. The molecule has 31 heavy (non-hydrogen) atoms. The third-order valence-electron chi connectivity index (χ3n) is 4.18. The molecule has 4 rings (SSSR count). The van der Waals surface area contributed by atoms with Crippen LogP contribution in [0.3, 0.4) is 0 Å². The van der Waals surface area contributed by atoms with Crippen molar-refractivity contribution in [1.82, 2.24) is 5.32 Å². The third kappa shape index (κ3) is 5.02. The van der Waals surface area contributed by atoms with Gasteiger partial charge in [0.1, 0.15) is 11.5 Å². The van der Waals surface area contributed by atoms with Gasteiger partial charge in [-0.05, 0) is 60.3 Å². The average molecular weight is 472 g/mol. The van der Waals surface area contributed by atoms with Crippen LogP contribution in [0, 0.1) is 0 Å². The van der Waals surface area contributed by atoms with Crippen molar-refractivity contribution in [3.63, 3.8) is 0 Å². The zero-order valence-electron chi connectivity index (χ0n) is 16.1. The van der Waals surface area contributed by atoms with Gasteiger partial charge in [0, 0.05) is 18.7 Å². The number of thioether (sulfide) groups is 1. The van der Waals surface area contributed by atoms with Gasteiger partial charge >= 0.3 is 0 Å². The van der Waals surface area contributed by atoms with Crippen LogP contribution >= 0.6 is 35.0 Å². The third-order valence-corrected chi connectivity index (χ3v) is 5.72. The SMILES string of the molecule is CC(=O)Nc1ccc(N=C2NC(=O)C(=Cc3ccc(-c4c(Cl)cccc4Cl)o3)S2)cc1. The van der Waals surface area contributed by atoms with E-state index in [0.717, 1.165) is 0 Å². The lowest BCUT2D eigenvalue weighted by atomic mass is 10.2. The highest BCUT2D eigenvalue weighted by atomic mass is 35.5. The molecule has 1 aliphatic rings. The number of nitrogens with one attached hydrogen (secondary N) is 2. The fourth-order valence-corrected chi connectivity index (χ4v) is 4.25. The van der Waals surface area contributed by atoms with Gasteiger partial charge in [0.15, 0.2) is 5.17 Å². The number of amidine groups is 1.